The molecule has 0 amide bonds. The molecule has 7 heteroatoms. The maximum atomic E-state index is 11.3. The lowest BCUT2D eigenvalue weighted by Gasteiger charge is -2.02. The number of aromatic nitrogens is 3. The van der Waals surface area contributed by atoms with Crippen LogP contribution in [0.1, 0.15) is 16.1 Å². The molecule has 0 saturated carbocycles. The van der Waals surface area contributed by atoms with E-state index in [1.165, 1.54) is 23.9 Å². The fourth-order valence-electron chi connectivity index (χ4n) is 1.46. The number of carboxylic acids is 1. The van der Waals surface area contributed by atoms with E-state index in [0.29, 0.717) is 5.69 Å². The molecule has 0 aromatic carbocycles. The lowest BCUT2D eigenvalue weighted by Crippen LogP contribution is -2.13. The molecule has 2 rings (SSSR count). The predicted octanol–water partition coefficient (Wildman–Crippen LogP) is -0.133. The second-order valence-corrected chi connectivity index (χ2v) is 3.18. The summed E-state index contributed by atoms with van der Waals surface area (Å²) in [6, 6.07) is 1.31. The number of aromatic amines is 1. The molecule has 0 aliphatic carbocycles. The van der Waals surface area contributed by atoms with Crippen LogP contribution in [-0.2, 0) is 11.3 Å². The fourth-order valence-corrected chi connectivity index (χ4v) is 1.46. The van der Waals surface area contributed by atoms with Crippen LogP contribution in [0.5, 0.6) is 0 Å². The molecule has 2 aromatic rings. The van der Waals surface area contributed by atoms with E-state index in [0.717, 1.165) is 0 Å². The second-order valence-electron chi connectivity index (χ2n) is 3.18. The van der Waals surface area contributed by atoms with Crippen molar-refractivity contribution < 1.29 is 14.6 Å². The molecule has 0 fully saturated rings. The fraction of sp³-hybridized carbons (Fsp3) is 0.222. The van der Waals surface area contributed by atoms with Gasteiger partial charge in [0.05, 0.1) is 18.5 Å². The smallest absolute Gasteiger partial charge is 0.341 e. The van der Waals surface area contributed by atoms with Gasteiger partial charge >= 0.3 is 5.97 Å². The van der Waals surface area contributed by atoms with Crippen LogP contribution < -0.4 is 5.56 Å². The molecule has 0 spiro atoms. The number of nitrogens with zero attached hydrogens (tertiary/aromatic N) is 2. The Balaban J connectivity index is 2.75. The van der Waals surface area contributed by atoms with Gasteiger partial charge in [-0.1, -0.05) is 0 Å². The first-order chi connectivity index (χ1) is 7.63. The third kappa shape index (κ3) is 1.57. The maximum absolute atomic E-state index is 11.3. The normalized spacial score (nSPS) is 10.8. The lowest BCUT2D eigenvalue weighted by molar-refractivity contribution is 0.0698. The number of H-pyrrole nitrogens is 1. The van der Waals surface area contributed by atoms with Crippen molar-refractivity contribution >= 4 is 11.6 Å². The van der Waals surface area contributed by atoms with Crippen molar-refractivity contribution in [1.82, 2.24) is 14.6 Å². The van der Waals surface area contributed by atoms with Crippen molar-refractivity contribution in [3.8, 4) is 0 Å². The third-order valence-electron chi connectivity index (χ3n) is 2.10. The van der Waals surface area contributed by atoms with Gasteiger partial charge in [-0.2, -0.15) is 5.10 Å². The van der Waals surface area contributed by atoms with E-state index in [-0.39, 0.29) is 23.4 Å². The molecule has 0 atom stereocenters. The highest BCUT2D eigenvalue weighted by atomic mass is 16.5. The monoisotopic (exact) mass is 223 g/mol. The average molecular weight is 223 g/mol. The van der Waals surface area contributed by atoms with Crippen LogP contribution in [-0.4, -0.2) is 32.8 Å². The van der Waals surface area contributed by atoms with Crippen LogP contribution in [0.15, 0.2) is 17.1 Å². The van der Waals surface area contributed by atoms with Gasteiger partial charge in [0.15, 0.2) is 5.65 Å². The zero-order valence-corrected chi connectivity index (χ0v) is 8.43. The molecule has 0 radical (unpaired) electrons. The van der Waals surface area contributed by atoms with Crippen molar-refractivity contribution in [1.29, 1.82) is 0 Å². The minimum Gasteiger partial charge on any atom is -0.477 e. The summed E-state index contributed by atoms with van der Waals surface area (Å²) in [4.78, 5) is 24.6. The molecule has 0 saturated heterocycles. The first-order valence-electron chi connectivity index (χ1n) is 4.45. The Morgan fingerprint density at radius 2 is 2.44 bits per heavy atom. The lowest BCUT2D eigenvalue weighted by atomic mass is 10.3. The Hall–Kier alpha value is -2.15. The largest absolute Gasteiger partial charge is 0.477 e. The topological polar surface area (TPSA) is 96.7 Å². The van der Waals surface area contributed by atoms with E-state index in [1.54, 1.807) is 0 Å². The van der Waals surface area contributed by atoms with Crippen molar-refractivity contribution in [2.24, 2.45) is 0 Å². The van der Waals surface area contributed by atoms with Gasteiger partial charge in [-0.05, 0) is 0 Å². The summed E-state index contributed by atoms with van der Waals surface area (Å²) < 4.78 is 6.24. The second kappa shape index (κ2) is 3.78. The average Bonchev–Trinajstić information content (AvgIpc) is 2.61. The van der Waals surface area contributed by atoms with Gasteiger partial charge in [-0.3, -0.25) is 4.79 Å². The predicted molar refractivity (Wildman–Crippen MR) is 53.5 cm³/mol. The van der Waals surface area contributed by atoms with Crippen molar-refractivity contribution in [3.05, 3.63) is 33.9 Å². The van der Waals surface area contributed by atoms with E-state index < -0.39 is 5.97 Å². The van der Waals surface area contributed by atoms with Crippen LogP contribution in [0.25, 0.3) is 5.65 Å². The molecule has 2 heterocycles. The molecule has 7 nitrogen and oxygen atoms in total. The molecular formula is C9H9N3O4. The SMILES string of the molecule is COCc1cc(=O)[nH]c2c(C(=O)O)cnn12. The van der Waals surface area contributed by atoms with Crippen LogP contribution in [0.2, 0.25) is 0 Å². The Kier molecular flexibility index (Phi) is 2.45. The number of carbonyl (C=O) groups is 1. The van der Waals surface area contributed by atoms with Crippen molar-refractivity contribution in [3.63, 3.8) is 0 Å². The third-order valence-corrected chi connectivity index (χ3v) is 2.10. The van der Waals surface area contributed by atoms with Crippen molar-refractivity contribution in [2.75, 3.05) is 7.11 Å². The van der Waals surface area contributed by atoms with Gasteiger partial charge in [0.2, 0.25) is 0 Å². The molecule has 0 bridgehead atoms. The van der Waals surface area contributed by atoms with E-state index in [4.69, 9.17) is 9.84 Å². The summed E-state index contributed by atoms with van der Waals surface area (Å²) in [6.45, 7) is 0.182. The van der Waals surface area contributed by atoms with Gasteiger partial charge in [0, 0.05) is 13.2 Å². The molecule has 0 aliphatic heterocycles. The van der Waals surface area contributed by atoms with E-state index in [9.17, 15) is 9.59 Å². The van der Waals surface area contributed by atoms with Gasteiger partial charge in [-0.25, -0.2) is 9.31 Å². The summed E-state index contributed by atoms with van der Waals surface area (Å²) in [5.74, 6) is -1.14. The number of carboxylic acid groups (broad SMARTS) is 1. The van der Waals surface area contributed by atoms with E-state index >= 15 is 0 Å². The van der Waals surface area contributed by atoms with Crippen LogP contribution in [0.4, 0.5) is 0 Å². The molecular weight excluding hydrogens is 214 g/mol. The van der Waals surface area contributed by atoms with Crippen LogP contribution in [0, 0.1) is 0 Å². The Morgan fingerprint density at radius 1 is 1.69 bits per heavy atom. The number of nitrogens with one attached hydrogen (secondary N) is 1. The summed E-state index contributed by atoms with van der Waals surface area (Å²) in [6.07, 6.45) is 1.19. The molecule has 16 heavy (non-hydrogen) atoms. The summed E-state index contributed by atoms with van der Waals surface area (Å²) in [7, 11) is 1.48. The standard InChI is InChI=1S/C9H9N3O4/c1-16-4-5-2-7(13)11-8-6(9(14)15)3-10-12(5)8/h2-3H,4H2,1H3,(H,11,13)(H,14,15). The van der Waals surface area contributed by atoms with Gasteiger partial charge in [-0.15, -0.1) is 0 Å². The number of rotatable bonds is 3. The van der Waals surface area contributed by atoms with Crippen molar-refractivity contribution in [2.45, 2.75) is 6.61 Å². The Labute approximate surface area is 89.3 Å². The number of fused-ring (bicyclic) bond motifs is 1. The van der Waals surface area contributed by atoms with Crippen LogP contribution >= 0.6 is 0 Å². The highest BCUT2D eigenvalue weighted by molar-refractivity contribution is 5.94. The van der Waals surface area contributed by atoms with Gasteiger partial charge in [0.25, 0.3) is 5.56 Å². The van der Waals surface area contributed by atoms with E-state index in [2.05, 4.69) is 10.1 Å². The zero-order chi connectivity index (χ0) is 11.7. The number of ether oxygens (including phenoxy) is 1. The summed E-state index contributed by atoms with van der Waals surface area (Å²) in [5.41, 5.74) is 0.221. The summed E-state index contributed by atoms with van der Waals surface area (Å²) >= 11 is 0. The quantitative estimate of drug-likeness (QED) is 0.755. The molecule has 0 unspecified atom stereocenters. The van der Waals surface area contributed by atoms with Gasteiger partial charge < -0.3 is 14.8 Å². The molecule has 84 valence electrons. The zero-order valence-electron chi connectivity index (χ0n) is 8.43. The molecule has 2 aromatic heterocycles. The number of hydrogen-bond acceptors (Lipinski definition) is 4. The molecule has 2 N–H and O–H groups in total. The highest BCUT2D eigenvalue weighted by Crippen LogP contribution is 2.08. The minimum atomic E-state index is -1.14. The first kappa shape index (κ1) is 10.4. The van der Waals surface area contributed by atoms with Gasteiger partial charge in [0.1, 0.15) is 5.56 Å². The number of methoxy groups -OCH3 is 1. The highest BCUT2D eigenvalue weighted by Gasteiger charge is 2.14. The Morgan fingerprint density at radius 3 is 3.06 bits per heavy atom. The maximum Gasteiger partial charge on any atom is 0.341 e. The summed E-state index contributed by atoms with van der Waals surface area (Å²) in [5, 5.41) is 12.8. The van der Waals surface area contributed by atoms with Crippen LogP contribution in [0.3, 0.4) is 0 Å². The number of hydrogen-bond donors (Lipinski definition) is 2. The Bertz CT molecular complexity index is 598. The molecule has 0 aliphatic rings. The first-order valence-corrected chi connectivity index (χ1v) is 4.45. The minimum absolute atomic E-state index is 0.0462. The van der Waals surface area contributed by atoms with E-state index in [1.807, 2.05) is 0 Å². The number of aromatic carboxylic acids is 1.